The van der Waals surface area contributed by atoms with Gasteiger partial charge >= 0.3 is 0 Å². The van der Waals surface area contributed by atoms with Gasteiger partial charge in [-0.25, -0.2) is 0 Å². The zero-order valence-electron chi connectivity index (χ0n) is 12.9. The van der Waals surface area contributed by atoms with Gasteiger partial charge in [0.1, 0.15) is 0 Å². The van der Waals surface area contributed by atoms with Crippen LogP contribution in [0.4, 0.5) is 0 Å². The molecule has 104 valence electrons. The van der Waals surface area contributed by atoms with Crippen molar-refractivity contribution in [3.8, 4) is 0 Å². The summed E-state index contributed by atoms with van der Waals surface area (Å²) in [6, 6.07) is 0. The number of unbranched alkanes of at least 4 members (excludes halogenated alkanes) is 2. The maximum Gasteiger partial charge on any atom is -0.0169 e. The lowest BCUT2D eigenvalue weighted by Crippen LogP contribution is -2.03. The summed E-state index contributed by atoms with van der Waals surface area (Å²) in [5, 5.41) is 0. The van der Waals surface area contributed by atoms with E-state index < -0.39 is 0 Å². The highest BCUT2D eigenvalue weighted by Crippen LogP contribution is 2.21. The molecule has 0 aromatic heterocycles. The third kappa shape index (κ3) is 15.2. The molecule has 18 heavy (non-hydrogen) atoms. The fraction of sp³-hybridized carbons (Fsp3) is 0.667. The molecule has 0 atom stereocenters. The summed E-state index contributed by atoms with van der Waals surface area (Å²) in [6.45, 7) is 9.15. The third-order valence-corrected chi connectivity index (χ3v) is 2.80. The number of allylic oxidation sites excluding steroid dienone is 6. The van der Waals surface area contributed by atoms with Gasteiger partial charge in [-0.3, -0.25) is 0 Å². The predicted octanol–water partition coefficient (Wildman–Crippen LogP) is 6.45. The molecule has 0 fully saturated rings. The van der Waals surface area contributed by atoms with Crippen LogP contribution in [0.3, 0.4) is 0 Å². The van der Waals surface area contributed by atoms with Crippen molar-refractivity contribution in [2.75, 3.05) is 0 Å². The maximum absolute atomic E-state index is 2.32. The van der Waals surface area contributed by atoms with Gasteiger partial charge in [0, 0.05) is 0 Å². The van der Waals surface area contributed by atoms with Crippen LogP contribution in [0.5, 0.6) is 0 Å². The van der Waals surface area contributed by atoms with Crippen molar-refractivity contribution in [1.82, 2.24) is 0 Å². The lowest BCUT2D eigenvalue weighted by molar-refractivity contribution is 0.367. The zero-order valence-corrected chi connectivity index (χ0v) is 12.9. The smallest absolute Gasteiger partial charge is 0.0169 e. The molecule has 0 heteroatoms. The second-order valence-electron chi connectivity index (χ2n) is 6.13. The van der Waals surface area contributed by atoms with Gasteiger partial charge < -0.3 is 0 Å². The summed E-state index contributed by atoms with van der Waals surface area (Å²) >= 11 is 0. The van der Waals surface area contributed by atoms with Crippen LogP contribution in [-0.4, -0.2) is 0 Å². The Bertz CT molecular complexity index is 248. The summed E-state index contributed by atoms with van der Waals surface area (Å²) in [6.07, 6.45) is 22.1. The van der Waals surface area contributed by atoms with E-state index in [0.29, 0.717) is 5.41 Å². The Morgan fingerprint density at radius 3 is 1.72 bits per heavy atom. The minimum Gasteiger partial charge on any atom is -0.0882 e. The Hall–Kier alpha value is -0.780. The Kier molecular flexibility index (Phi) is 10.8. The summed E-state index contributed by atoms with van der Waals surface area (Å²) in [5.41, 5.74) is 0.485. The van der Waals surface area contributed by atoms with Crippen LogP contribution in [0.15, 0.2) is 36.5 Å². The van der Waals surface area contributed by atoms with E-state index >= 15 is 0 Å². The number of rotatable bonds is 9. The Morgan fingerprint density at radius 1 is 0.722 bits per heavy atom. The summed E-state index contributed by atoms with van der Waals surface area (Å²) in [7, 11) is 0. The molecule has 0 aliphatic heterocycles. The van der Waals surface area contributed by atoms with E-state index in [0.717, 1.165) is 12.8 Å². The lowest BCUT2D eigenvalue weighted by Gasteiger charge is -2.16. The predicted molar refractivity (Wildman–Crippen MR) is 84.9 cm³/mol. The van der Waals surface area contributed by atoms with E-state index in [1.165, 1.54) is 32.1 Å². The molecule has 0 bridgehead atoms. The molecule has 0 aromatic rings. The fourth-order valence-corrected chi connectivity index (χ4v) is 1.69. The van der Waals surface area contributed by atoms with Crippen molar-refractivity contribution >= 4 is 0 Å². The average Bonchev–Trinajstić information content (AvgIpc) is 2.29. The van der Waals surface area contributed by atoms with Crippen LogP contribution in [0.2, 0.25) is 0 Å². The van der Waals surface area contributed by atoms with E-state index in [-0.39, 0.29) is 0 Å². The first-order valence-electron chi connectivity index (χ1n) is 7.51. The first-order chi connectivity index (χ1) is 8.56. The molecule has 0 unspecified atom stereocenters. The van der Waals surface area contributed by atoms with Gasteiger partial charge in [0.05, 0.1) is 0 Å². The van der Waals surface area contributed by atoms with Gasteiger partial charge in [-0.2, -0.15) is 0 Å². The molecule has 0 nitrogen and oxygen atoms in total. The van der Waals surface area contributed by atoms with Crippen molar-refractivity contribution < 1.29 is 0 Å². The zero-order chi connectivity index (χ0) is 13.7. The topological polar surface area (TPSA) is 0 Å². The van der Waals surface area contributed by atoms with Gasteiger partial charge in [0.25, 0.3) is 0 Å². The molecule has 0 heterocycles. The number of hydrogen-bond donors (Lipinski definition) is 0. The van der Waals surface area contributed by atoms with Crippen molar-refractivity contribution in [3.63, 3.8) is 0 Å². The molecule has 0 saturated heterocycles. The highest BCUT2D eigenvalue weighted by Gasteiger charge is 2.07. The van der Waals surface area contributed by atoms with Crippen LogP contribution < -0.4 is 0 Å². The van der Waals surface area contributed by atoms with Gasteiger partial charge in [-0.15, -0.1) is 0 Å². The Labute approximate surface area is 115 Å². The van der Waals surface area contributed by atoms with Crippen LogP contribution in [-0.2, 0) is 0 Å². The Balaban J connectivity index is 3.40. The highest BCUT2D eigenvalue weighted by molar-refractivity contribution is 4.97. The second-order valence-corrected chi connectivity index (χ2v) is 6.13. The van der Waals surface area contributed by atoms with Gasteiger partial charge in [0.2, 0.25) is 0 Å². The molecule has 0 radical (unpaired) electrons. The molecule has 0 aliphatic rings. The van der Waals surface area contributed by atoms with Crippen molar-refractivity contribution in [2.24, 2.45) is 5.41 Å². The molecule has 0 amide bonds. The fourth-order valence-electron chi connectivity index (χ4n) is 1.69. The highest BCUT2D eigenvalue weighted by atomic mass is 14.1. The Morgan fingerprint density at radius 2 is 1.22 bits per heavy atom. The minimum atomic E-state index is 0.485. The van der Waals surface area contributed by atoms with E-state index in [1.54, 1.807) is 0 Å². The molecule has 0 N–H and O–H groups in total. The van der Waals surface area contributed by atoms with Gasteiger partial charge in [-0.1, -0.05) is 70.6 Å². The minimum absolute atomic E-state index is 0.485. The lowest BCUT2D eigenvalue weighted by atomic mass is 9.90. The van der Waals surface area contributed by atoms with Crippen molar-refractivity contribution in [1.29, 1.82) is 0 Å². The van der Waals surface area contributed by atoms with E-state index in [9.17, 15) is 0 Å². The van der Waals surface area contributed by atoms with E-state index in [1.807, 2.05) is 0 Å². The van der Waals surface area contributed by atoms with Crippen molar-refractivity contribution in [3.05, 3.63) is 36.5 Å². The van der Waals surface area contributed by atoms with Crippen molar-refractivity contribution in [2.45, 2.75) is 72.6 Å². The summed E-state index contributed by atoms with van der Waals surface area (Å²) in [5.74, 6) is 0. The molecular formula is C18H32. The quantitative estimate of drug-likeness (QED) is 0.325. The molecular weight excluding hydrogens is 216 g/mol. The first-order valence-corrected chi connectivity index (χ1v) is 7.51. The largest absolute Gasteiger partial charge is 0.0882 e. The van der Waals surface area contributed by atoms with Crippen LogP contribution in [0.25, 0.3) is 0 Å². The first kappa shape index (κ1) is 17.2. The normalized spacial score (nSPS) is 13.3. The van der Waals surface area contributed by atoms with Crippen LogP contribution in [0.1, 0.15) is 72.6 Å². The van der Waals surface area contributed by atoms with Crippen LogP contribution >= 0.6 is 0 Å². The third-order valence-electron chi connectivity index (χ3n) is 2.80. The standard InChI is InChI=1S/C18H32/c1-5-6-7-8-9-10-11-12-13-14-15-16-17-18(2,3)4/h7-8,10-11,13-14H,5-6,9,12,15-17H2,1-4H3/b8-7-,11-10-,14-13-. The SMILES string of the molecule is CCC/C=C\C/C=C\C/C=C\CCCC(C)(C)C. The van der Waals surface area contributed by atoms with Gasteiger partial charge in [-0.05, 0) is 43.9 Å². The van der Waals surface area contributed by atoms with Crippen LogP contribution in [0, 0.1) is 5.41 Å². The maximum atomic E-state index is 2.32. The molecule has 0 aromatic carbocycles. The van der Waals surface area contributed by atoms with Gasteiger partial charge in [0.15, 0.2) is 0 Å². The summed E-state index contributed by atoms with van der Waals surface area (Å²) < 4.78 is 0. The molecule has 0 aliphatic carbocycles. The van der Waals surface area contributed by atoms with E-state index in [4.69, 9.17) is 0 Å². The molecule has 0 spiro atoms. The average molecular weight is 248 g/mol. The molecule has 0 rings (SSSR count). The monoisotopic (exact) mass is 248 g/mol. The second kappa shape index (κ2) is 11.3. The summed E-state index contributed by atoms with van der Waals surface area (Å²) in [4.78, 5) is 0. The number of hydrogen-bond acceptors (Lipinski definition) is 0. The van der Waals surface area contributed by atoms with E-state index in [2.05, 4.69) is 64.2 Å². The molecule has 0 saturated carbocycles.